The second kappa shape index (κ2) is 8.26. The minimum Gasteiger partial charge on any atom is -1.00 e. The van der Waals surface area contributed by atoms with E-state index in [9.17, 15) is 0 Å². The first-order valence-corrected chi connectivity index (χ1v) is 8.60. The number of halogens is 1. The monoisotopic (exact) mass is 264 g/mol. The van der Waals surface area contributed by atoms with Crippen molar-refractivity contribution in [2.75, 3.05) is 0 Å². The van der Waals surface area contributed by atoms with Gasteiger partial charge >= 0.3 is 70.8 Å². The maximum Gasteiger partial charge on any atom is -1.00 e. The maximum absolute atomic E-state index is 2.34. The standard InChI is InChI=1S/2C4H9.ClH.In/c2*1-4(2)3;;/h2*4H,1H2,2-3H3;1H;/q;;;+1/p-1. The Morgan fingerprint density at radius 2 is 1.20 bits per heavy atom. The van der Waals surface area contributed by atoms with Crippen LogP contribution in [-0.2, 0) is 0 Å². The molecule has 0 spiro atoms. The van der Waals surface area contributed by atoms with Crippen LogP contribution in [0.5, 0.6) is 0 Å². The molecule has 10 heavy (non-hydrogen) atoms. The molecule has 2 heteroatoms. The smallest absolute Gasteiger partial charge is 1.00 e. The third-order valence-electron chi connectivity index (χ3n) is 1.28. The molecule has 0 aromatic heterocycles. The fourth-order valence-corrected chi connectivity index (χ4v) is 5.12. The van der Waals surface area contributed by atoms with Crippen molar-refractivity contribution in [2.45, 2.75) is 36.0 Å². The van der Waals surface area contributed by atoms with Crippen molar-refractivity contribution < 1.29 is 12.4 Å². The van der Waals surface area contributed by atoms with Crippen LogP contribution in [-0.4, -0.2) is 22.9 Å². The molecule has 60 valence electrons. The van der Waals surface area contributed by atoms with E-state index in [1.807, 2.05) is 0 Å². The Morgan fingerprint density at radius 3 is 1.40 bits per heavy atom. The molecule has 0 fully saturated rings. The van der Waals surface area contributed by atoms with Gasteiger partial charge in [-0.25, -0.2) is 0 Å². The first-order chi connectivity index (χ1) is 4.13. The summed E-state index contributed by atoms with van der Waals surface area (Å²) in [6.45, 7) is 9.36. The molecule has 0 amide bonds. The van der Waals surface area contributed by atoms with Crippen molar-refractivity contribution in [2.24, 2.45) is 11.8 Å². The van der Waals surface area contributed by atoms with E-state index < -0.39 is 0 Å². The van der Waals surface area contributed by atoms with Gasteiger partial charge in [-0.15, -0.1) is 0 Å². The van der Waals surface area contributed by atoms with Gasteiger partial charge in [-0.2, -0.15) is 0 Å². The van der Waals surface area contributed by atoms with Crippen LogP contribution in [0.2, 0.25) is 8.35 Å². The van der Waals surface area contributed by atoms with E-state index >= 15 is 0 Å². The molecule has 0 radical (unpaired) electrons. The molecule has 0 aromatic carbocycles. The summed E-state index contributed by atoms with van der Waals surface area (Å²) in [6.07, 6.45) is 0. The molecular weight excluding hydrogens is 246 g/mol. The molecule has 0 heterocycles. The zero-order valence-corrected chi connectivity index (χ0v) is 11.6. The first-order valence-electron chi connectivity index (χ1n) is 3.94. The SMILES string of the molecule is CC(C)[CH2][In+][CH2]C(C)C.[Cl-]. The van der Waals surface area contributed by atoms with E-state index in [0.29, 0.717) is 0 Å². The molecular formula is C8H18ClIn. The predicted molar refractivity (Wildman–Crippen MR) is 45.0 cm³/mol. The predicted octanol–water partition coefficient (Wildman–Crippen LogP) is -0.157. The van der Waals surface area contributed by atoms with Crippen molar-refractivity contribution in [3.05, 3.63) is 0 Å². The third-order valence-corrected chi connectivity index (χ3v) is 8.56. The molecule has 0 aromatic rings. The van der Waals surface area contributed by atoms with Gasteiger partial charge in [-0.3, -0.25) is 0 Å². The third kappa shape index (κ3) is 11.9. The molecule has 0 saturated heterocycles. The van der Waals surface area contributed by atoms with Crippen LogP contribution < -0.4 is 12.4 Å². The average Bonchev–Trinajstić information content (AvgIpc) is 1.63. The Balaban J connectivity index is 0. The molecule has 0 saturated carbocycles. The van der Waals surface area contributed by atoms with E-state index in [0.717, 1.165) is 11.8 Å². The van der Waals surface area contributed by atoms with Crippen LogP contribution >= 0.6 is 0 Å². The van der Waals surface area contributed by atoms with Crippen LogP contribution in [0.1, 0.15) is 27.7 Å². The Labute approximate surface area is 82.9 Å². The van der Waals surface area contributed by atoms with Crippen LogP contribution in [0, 0.1) is 11.8 Å². The Hall–Kier alpha value is 1.16. The van der Waals surface area contributed by atoms with Gasteiger partial charge in [0.1, 0.15) is 0 Å². The average molecular weight is 265 g/mol. The summed E-state index contributed by atoms with van der Waals surface area (Å²) in [6, 6.07) is 0. The zero-order chi connectivity index (χ0) is 7.28. The number of hydrogen-bond donors (Lipinski definition) is 0. The molecule has 0 unspecified atom stereocenters. The van der Waals surface area contributed by atoms with Gasteiger partial charge in [-0.1, -0.05) is 0 Å². The maximum atomic E-state index is 2.34. The van der Waals surface area contributed by atoms with E-state index in [1.54, 1.807) is 8.35 Å². The van der Waals surface area contributed by atoms with Gasteiger partial charge in [0.2, 0.25) is 0 Å². The van der Waals surface area contributed by atoms with Gasteiger partial charge < -0.3 is 12.4 Å². The number of hydrogen-bond acceptors (Lipinski definition) is 0. The quantitative estimate of drug-likeness (QED) is 0.662. The summed E-state index contributed by atoms with van der Waals surface area (Å²) in [7, 11) is 0. The van der Waals surface area contributed by atoms with Gasteiger partial charge in [0, 0.05) is 0 Å². The van der Waals surface area contributed by atoms with Gasteiger partial charge in [0.15, 0.2) is 0 Å². The summed E-state index contributed by atoms with van der Waals surface area (Å²) >= 11 is -0.0869. The Bertz CT molecular complexity index is 54.3. The number of rotatable bonds is 4. The van der Waals surface area contributed by atoms with Gasteiger partial charge in [0.05, 0.1) is 0 Å². The van der Waals surface area contributed by atoms with Crippen LogP contribution in [0.25, 0.3) is 0 Å². The Morgan fingerprint density at radius 1 is 0.900 bits per heavy atom. The fraction of sp³-hybridized carbons (Fsp3) is 1.00. The largest absolute Gasteiger partial charge is 1.00 e. The molecule has 0 aliphatic rings. The van der Waals surface area contributed by atoms with E-state index in [1.165, 1.54) is 0 Å². The van der Waals surface area contributed by atoms with Gasteiger partial charge in [0.25, 0.3) is 0 Å². The summed E-state index contributed by atoms with van der Waals surface area (Å²) in [5.41, 5.74) is 0. The molecule has 0 bridgehead atoms. The Kier molecular flexibility index (Phi) is 11.3. The fourth-order valence-electron chi connectivity index (χ4n) is 0.763. The second-order valence-corrected chi connectivity index (χ2v) is 7.89. The summed E-state index contributed by atoms with van der Waals surface area (Å²) in [5, 5.41) is 0. The van der Waals surface area contributed by atoms with E-state index in [-0.39, 0.29) is 35.3 Å². The van der Waals surface area contributed by atoms with E-state index in [4.69, 9.17) is 0 Å². The van der Waals surface area contributed by atoms with Crippen LogP contribution in [0.4, 0.5) is 0 Å². The summed E-state index contributed by atoms with van der Waals surface area (Å²) in [4.78, 5) is 0. The van der Waals surface area contributed by atoms with Gasteiger partial charge in [-0.05, 0) is 0 Å². The summed E-state index contributed by atoms with van der Waals surface area (Å²) in [5.74, 6) is 1.95. The molecule has 0 aliphatic carbocycles. The zero-order valence-electron chi connectivity index (χ0n) is 7.52. The normalized spacial score (nSPS) is 9.40. The van der Waals surface area contributed by atoms with Crippen molar-refractivity contribution in [1.82, 2.24) is 0 Å². The first kappa shape index (κ1) is 13.7. The van der Waals surface area contributed by atoms with E-state index in [2.05, 4.69) is 27.7 Å². The molecule has 0 aliphatic heterocycles. The molecule has 0 N–H and O–H groups in total. The minimum atomic E-state index is -0.0869. The van der Waals surface area contributed by atoms with Crippen molar-refractivity contribution in [3.8, 4) is 0 Å². The topological polar surface area (TPSA) is 0 Å². The second-order valence-electron chi connectivity index (χ2n) is 3.55. The van der Waals surface area contributed by atoms with Crippen LogP contribution in [0.3, 0.4) is 0 Å². The molecule has 0 atom stereocenters. The molecule has 0 rings (SSSR count). The van der Waals surface area contributed by atoms with Crippen molar-refractivity contribution >= 4 is 22.9 Å². The van der Waals surface area contributed by atoms with Crippen molar-refractivity contribution in [3.63, 3.8) is 0 Å². The van der Waals surface area contributed by atoms with Crippen LogP contribution in [0.15, 0.2) is 0 Å². The molecule has 0 nitrogen and oxygen atoms in total. The van der Waals surface area contributed by atoms with Crippen molar-refractivity contribution in [1.29, 1.82) is 0 Å². The minimum absolute atomic E-state index is 0. The summed E-state index contributed by atoms with van der Waals surface area (Å²) < 4.78 is 3.18.